The van der Waals surface area contributed by atoms with E-state index in [1.54, 1.807) is 36.4 Å². The molecule has 0 unspecified atom stereocenters. The van der Waals surface area contributed by atoms with E-state index < -0.39 is 18.0 Å². The van der Waals surface area contributed by atoms with Gasteiger partial charge in [-0.2, -0.15) is 5.26 Å². The highest BCUT2D eigenvalue weighted by molar-refractivity contribution is 8.00. The van der Waals surface area contributed by atoms with Crippen LogP contribution >= 0.6 is 11.8 Å². The molecule has 28 heavy (non-hydrogen) atoms. The number of hydrogen-bond acceptors (Lipinski definition) is 6. The number of carbonyl (C=O) groups excluding carboxylic acids is 3. The molecule has 2 aromatic rings. The van der Waals surface area contributed by atoms with E-state index in [4.69, 9.17) is 10.00 Å². The average Bonchev–Trinajstić information content (AvgIpc) is 2.70. The quantitative estimate of drug-likeness (QED) is 0.781. The number of amides is 2. The van der Waals surface area contributed by atoms with E-state index in [1.807, 2.05) is 18.2 Å². The fourth-order valence-electron chi connectivity index (χ4n) is 2.67. The van der Waals surface area contributed by atoms with Crippen molar-refractivity contribution in [3.8, 4) is 6.07 Å². The van der Waals surface area contributed by atoms with Gasteiger partial charge >= 0.3 is 5.97 Å². The predicted molar refractivity (Wildman–Crippen MR) is 105 cm³/mol. The van der Waals surface area contributed by atoms with Crippen LogP contribution < -0.4 is 10.2 Å². The molecule has 1 aliphatic rings. The molecule has 0 spiro atoms. The summed E-state index contributed by atoms with van der Waals surface area (Å²) in [7, 11) is 0. The third-order valence-electron chi connectivity index (χ3n) is 4.08. The first-order valence-electron chi connectivity index (χ1n) is 8.51. The number of carbonyl (C=O) groups is 3. The Balaban J connectivity index is 1.62. The van der Waals surface area contributed by atoms with Crippen molar-refractivity contribution in [3.05, 3.63) is 54.1 Å². The Morgan fingerprint density at radius 2 is 1.96 bits per heavy atom. The number of fused-ring (bicyclic) bond motifs is 1. The number of nitrogens with zero attached hydrogens (tertiary/aromatic N) is 2. The van der Waals surface area contributed by atoms with E-state index in [0.717, 1.165) is 4.90 Å². The monoisotopic (exact) mass is 395 g/mol. The molecule has 0 radical (unpaired) electrons. The highest BCUT2D eigenvalue weighted by Crippen LogP contribution is 2.34. The van der Waals surface area contributed by atoms with E-state index in [2.05, 4.69) is 5.32 Å². The van der Waals surface area contributed by atoms with Crippen LogP contribution in [0.4, 0.5) is 11.4 Å². The van der Waals surface area contributed by atoms with Crippen molar-refractivity contribution in [2.24, 2.45) is 0 Å². The Hall–Kier alpha value is -3.31. The molecule has 0 saturated heterocycles. The lowest BCUT2D eigenvalue weighted by molar-refractivity contribution is -0.152. The first-order chi connectivity index (χ1) is 13.5. The molecule has 0 fully saturated rings. The lowest BCUT2D eigenvalue weighted by Gasteiger charge is -2.28. The van der Waals surface area contributed by atoms with Crippen molar-refractivity contribution in [2.45, 2.75) is 17.9 Å². The van der Waals surface area contributed by atoms with Crippen molar-refractivity contribution in [2.75, 3.05) is 22.5 Å². The summed E-state index contributed by atoms with van der Waals surface area (Å²) in [6, 6.07) is 15.8. The standard InChI is InChI=1S/C20H17N3O4S/c1-13(20(26)22-15-7-3-2-6-14(15)10-21)27-19(25)11-23-16-8-4-5-9-17(16)28-12-18(23)24/h2-9,13H,11-12H2,1H3,(H,22,26)/t13-/m0/s1. The van der Waals surface area contributed by atoms with Gasteiger partial charge in [0, 0.05) is 4.90 Å². The zero-order valence-corrected chi connectivity index (χ0v) is 15.9. The van der Waals surface area contributed by atoms with Crippen molar-refractivity contribution in [1.29, 1.82) is 5.26 Å². The molecule has 1 atom stereocenters. The van der Waals surface area contributed by atoms with E-state index >= 15 is 0 Å². The number of anilines is 2. The molecule has 1 N–H and O–H groups in total. The van der Waals surface area contributed by atoms with Gasteiger partial charge in [0.1, 0.15) is 12.6 Å². The van der Waals surface area contributed by atoms with Gasteiger partial charge in [0.15, 0.2) is 6.10 Å². The number of esters is 1. The Kier molecular flexibility index (Phi) is 5.96. The minimum absolute atomic E-state index is 0.194. The van der Waals surface area contributed by atoms with Gasteiger partial charge in [0.25, 0.3) is 5.91 Å². The maximum absolute atomic E-state index is 12.3. The molecule has 0 saturated carbocycles. The van der Waals surface area contributed by atoms with Gasteiger partial charge in [-0.05, 0) is 31.2 Å². The Labute approximate surface area is 166 Å². The lowest BCUT2D eigenvalue weighted by atomic mass is 10.2. The SMILES string of the molecule is C[C@H](OC(=O)CN1C(=O)CSc2ccccc21)C(=O)Nc1ccccc1C#N. The van der Waals surface area contributed by atoms with Gasteiger partial charge in [-0.15, -0.1) is 11.8 Å². The van der Waals surface area contributed by atoms with Crippen molar-refractivity contribution in [3.63, 3.8) is 0 Å². The molecule has 1 aliphatic heterocycles. The minimum atomic E-state index is -1.08. The van der Waals surface area contributed by atoms with Crippen LogP contribution in [0.1, 0.15) is 12.5 Å². The fraction of sp³-hybridized carbons (Fsp3) is 0.200. The van der Waals surface area contributed by atoms with Gasteiger partial charge in [0.05, 0.1) is 22.7 Å². The zero-order valence-electron chi connectivity index (χ0n) is 15.0. The number of para-hydroxylation sites is 2. The predicted octanol–water partition coefficient (Wildman–Crippen LogP) is 2.57. The maximum Gasteiger partial charge on any atom is 0.326 e. The molecule has 0 aromatic heterocycles. The van der Waals surface area contributed by atoms with E-state index in [-0.39, 0.29) is 18.2 Å². The fourth-order valence-corrected chi connectivity index (χ4v) is 3.60. The Morgan fingerprint density at radius 3 is 2.75 bits per heavy atom. The molecule has 2 aromatic carbocycles. The summed E-state index contributed by atoms with van der Waals surface area (Å²) in [5.74, 6) is -1.20. The van der Waals surface area contributed by atoms with Gasteiger partial charge in [-0.25, -0.2) is 0 Å². The molecule has 2 amide bonds. The zero-order chi connectivity index (χ0) is 20.1. The van der Waals surface area contributed by atoms with Gasteiger partial charge in [-0.3, -0.25) is 19.3 Å². The number of benzene rings is 2. The number of ether oxygens (including phenoxy) is 1. The van der Waals surface area contributed by atoms with Crippen LogP contribution in [0.15, 0.2) is 53.4 Å². The van der Waals surface area contributed by atoms with Crippen LogP contribution in [-0.2, 0) is 19.1 Å². The van der Waals surface area contributed by atoms with Crippen LogP contribution in [0.25, 0.3) is 0 Å². The topological polar surface area (TPSA) is 99.5 Å². The third-order valence-corrected chi connectivity index (χ3v) is 5.13. The Bertz CT molecular complexity index is 970. The highest BCUT2D eigenvalue weighted by atomic mass is 32.2. The smallest absolute Gasteiger partial charge is 0.326 e. The van der Waals surface area contributed by atoms with E-state index in [0.29, 0.717) is 16.9 Å². The second-order valence-corrected chi connectivity index (χ2v) is 7.03. The van der Waals surface area contributed by atoms with Crippen LogP contribution in [0.5, 0.6) is 0 Å². The molecule has 3 rings (SSSR count). The number of rotatable bonds is 5. The maximum atomic E-state index is 12.3. The van der Waals surface area contributed by atoms with Crippen molar-refractivity contribution >= 4 is 40.9 Å². The number of hydrogen-bond donors (Lipinski definition) is 1. The number of thioether (sulfide) groups is 1. The van der Waals surface area contributed by atoms with E-state index in [9.17, 15) is 14.4 Å². The van der Waals surface area contributed by atoms with Crippen LogP contribution in [0.3, 0.4) is 0 Å². The summed E-state index contributed by atoms with van der Waals surface area (Å²) in [4.78, 5) is 39.1. The molecule has 7 nitrogen and oxygen atoms in total. The van der Waals surface area contributed by atoms with Crippen LogP contribution in [-0.4, -0.2) is 36.2 Å². The summed E-state index contributed by atoms with van der Waals surface area (Å²) < 4.78 is 5.19. The van der Waals surface area contributed by atoms with Gasteiger partial charge in [0.2, 0.25) is 5.91 Å². The van der Waals surface area contributed by atoms with Crippen molar-refractivity contribution in [1.82, 2.24) is 0 Å². The molecule has 1 heterocycles. The van der Waals surface area contributed by atoms with Crippen LogP contribution in [0.2, 0.25) is 0 Å². The van der Waals surface area contributed by atoms with Gasteiger partial charge < -0.3 is 10.1 Å². The molecule has 8 heteroatoms. The summed E-state index contributed by atoms with van der Waals surface area (Å²) in [5, 5.41) is 11.6. The molecular weight excluding hydrogens is 378 g/mol. The third kappa shape index (κ3) is 4.32. The first kappa shape index (κ1) is 19.5. The summed E-state index contributed by atoms with van der Waals surface area (Å²) in [6.07, 6.45) is -1.08. The summed E-state index contributed by atoms with van der Waals surface area (Å²) in [6.45, 7) is 1.16. The number of nitrogens with one attached hydrogen (secondary N) is 1. The molecular formula is C20H17N3O4S. The van der Waals surface area contributed by atoms with Crippen LogP contribution in [0, 0.1) is 11.3 Å². The largest absolute Gasteiger partial charge is 0.451 e. The normalized spacial score (nSPS) is 13.9. The first-order valence-corrected chi connectivity index (χ1v) is 9.50. The summed E-state index contributed by atoms with van der Waals surface area (Å²) in [5.41, 5.74) is 1.30. The van der Waals surface area contributed by atoms with E-state index in [1.165, 1.54) is 23.6 Å². The second kappa shape index (κ2) is 8.59. The molecule has 142 valence electrons. The average molecular weight is 395 g/mol. The Morgan fingerprint density at radius 1 is 1.25 bits per heavy atom. The summed E-state index contributed by atoms with van der Waals surface area (Å²) >= 11 is 1.42. The highest BCUT2D eigenvalue weighted by Gasteiger charge is 2.28. The lowest BCUT2D eigenvalue weighted by Crippen LogP contribution is -2.41. The molecule has 0 bridgehead atoms. The number of nitriles is 1. The van der Waals surface area contributed by atoms with Crippen molar-refractivity contribution < 1.29 is 19.1 Å². The second-order valence-electron chi connectivity index (χ2n) is 6.02. The minimum Gasteiger partial charge on any atom is -0.451 e. The molecule has 0 aliphatic carbocycles. The van der Waals surface area contributed by atoms with Gasteiger partial charge in [-0.1, -0.05) is 24.3 Å².